The first-order valence-electron chi connectivity index (χ1n) is 7.54. The van der Waals surface area contributed by atoms with Crippen LogP contribution in [-0.2, 0) is 15.8 Å². The SMILES string of the molecule is CC(=O)c1ccc(NC(=O)CC(=O)Nc2ccccc2C(F)(F)F)cc1. The zero-order valence-electron chi connectivity index (χ0n) is 13.7. The summed E-state index contributed by atoms with van der Waals surface area (Å²) in [6, 6.07) is 10.5. The summed E-state index contributed by atoms with van der Waals surface area (Å²) < 4.78 is 38.7. The summed E-state index contributed by atoms with van der Waals surface area (Å²) in [6.07, 6.45) is -5.27. The maximum atomic E-state index is 12.9. The van der Waals surface area contributed by atoms with E-state index in [-0.39, 0.29) is 5.78 Å². The van der Waals surface area contributed by atoms with E-state index in [0.717, 1.165) is 12.1 Å². The molecule has 2 amide bonds. The number of hydrogen-bond donors (Lipinski definition) is 2. The molecule has 0 bridgehead atoms. The van der Waals surface area contributed by atoms with Crippen LogP contribution in [0.4, 0.5) is 24.5 Å². The molecule has 136 valence electrons. The lowest BCUT2D eigenvalue weighted by molar-refractivity contribution is -0.137. The predicted octanol–water partition coefficient (Wildman–Crippen LogP) is 3.88. The van der Waals surface area contributed by atoms with Gasteiger partial charge in [-0.2, -0.15) is 13.2 Å². The van der Waals surface area contributed by atoms with Gasteiger partial charge in [0.05, 0.1) is 11.3 Å². The molecule has 2 N–H and O–H groups in total. The highest BCUT2D eigenvalue weighted by Gasteiger charge is 2.33. The molecule has 0 aliphatic carbocycles. The van der Waals surface area contributed by atoms with Crippen molar-refractivity contribution in [3.05, 3.63) is 59.7 Å². The van der Waals surface area contributed by atoms with E-state index in [0.29, 0.717) is 11.3 Å². The predicted molar refractivity (Wildman–Crippen MR) is 89.8 cm³/mol. The van der Waals surface area contributed by atoms with E-state index in [2.05, 4.69) is 10.6 Å². The van der Waals surface area contributed by atoms with Crippen molar-refractivity contribution in [2.75, 3.05) is 10.6 Å². The molecule has 26 heavy (non-hydrogen) atoms. The lowest BCUT2D eigenvalue weighted by atomic mass is 10.1. The van der Waals surface area contributed by atoms with E-state index >= 15 is 0 Å². The van der Waals surface area contributed by atoms with Crippen molar-refractivity contribution in [3.8, 4) is 0 Å². The zero-order valence-corrected chi connectivity index (χ0v) is 13.7. The second kappa shape index (κ2) is 7.81. The highest BCUT2D eigenvalue weighted by molar-refractivity contribution is 6.08. The highest BCUT2D eigenvalue weighted by atomic mass is 19.4. The largest absolute Gasteiger partial charge is 0.418 e. The van der Waals surface area contributed by atoms with Gasteiger partial charge < -0.3 is 10.6 Å². The van der Waals surface area contributed by atoms with E-state index in [1.54, 1.807) is 0 Å². The molecule has 0 saturated carbocycles. The number of para-hydroxylation sites is 1. The van der Waals surface area contributed by atoms with Crippen molar-refractivity contribution in [1.82, 2.24) is 0 Å². The minimum atomic E-state index is -4.62. The molecule has 2 rings (SSSR count). The molecule has 2 aromatic rings. The number of alkyl halides is 3. The molecule has 0 radical (unpaired) electrons. The first-order chi connectivity index (χ1) is 12.2. The van der Waals surface area contributed by atoms with Crippen LogP contribution in [0.3, 0.4) is 0 Å². The third-order valence-electron chi connectivity index (χ3n) is 3.40. The lowest BCUT2D eigenvalue weighted by Crippen LogP contribution is -2.22. The van der Waals surface area contributed by atoms with Gasteiger partial charge >= 0.3 is 6.18 Å². The van der Waals surface area contributed by atoms with Crippen molar-refractivity contribution in [2.45, 2.75) is 19.5 Å². The first-order valence-corrected chi connectivity index (χ1v) is 7.54. The number of carbonyl (C=O) groups excluding carboxylic acids is 3. The lowest BCUT2D eigenvalue weighted by Gasteiger charge is -2.13. The van der Waals surface area contributed by atoms with Crippen LogP contribution >= 0.6 is 0 Å². The van der Waals surface area contributed by atoms with E-state index in [9.17, 15) is 27.6 Å². The van der Waals surface area contributed by atoms with Crippen LogP contribution in [0.1, 0.15) is 29.3 Å². The Balaban J connectivity index is 1.98. The number of Topliss-reactive ketones (excluding diaryl/α,β-unsaturated/α-hetero) is 1. The third-order valence-corrected chi connectivity index (χ3v) is 3.40. The molecule has 0 fully saturated rings. The monoisotopic (exact) mass is 364 g/mol. The van der Waals surface area contributed by atoms with Gasteiger partial charge in [-0.25, -0.2) is 0 Å². The van der Waals surface area contributed by atoms with Crippen molar-refractivity contribution >= 4 is 29.0 Å². The second-order valence-corrected chi connectivity index (χ2v) is 5.45. The minimum absolute atomic E-state index is 0.134. The number of amides is 2. The van der Waals surface area contributed by atoms with Crippen molar-refractivity contribution in [1.29, 1.82) is 0 Å². The van der Waals surface area contributed by atoms with Crippen LogP contribution in [0.2, 0.25) is 0 Å². The minimum Gasteiger partial charge on any atom is -0.326 e. The maximum absolute atomic E-state index is 12.9. The Bertz CT molecular complexity index is 830. The molecular formula is C18H15F3N2O3. The van der Waals surface area contributed by atoms with Gasteiger partial charge in [-0.3, -0.25) is 14.4 Å². The van der Waals surface area contributed by atoms with E-state index in [1.165, 1.54) is 43.3 Å². The molecule has 2 aromatic carbocycles. The van der Waals surface area contributed by atoms with Crippen LogP contribution in [0.15, 0.2) is 48.5 Å². The standard InChI is InChI=1S/C18H15F3N2O3/c1-11(24)12-6-8-13(9-7-12)22-16(25)10-17(26)23-15-5-3-2-4-14(15)18(19,20)21/h2-9H,10H2,1H3,(H,22,25)(H,23,26). The number of rotatable bonds is 5. The molecule has 8 heteroatoms. The van der Waals surface area contributed by atoms with Gasteiger partial charge in [0.25, 0.3) is 0 Å². The molecule has 0 aliphatic rings. The summed E-state index contributed by atoms with van der Waals surface area (Å²) in [5, 5.41) is 4.53. The number of benzene rings is 2. The fourth-order valence-electron chi connectivity index (χ4n) is 2.17. The number of carbonyl (C=O) groups is 3. The molecule has 0 spiro atoms. The van der Waals surface area contributed by atoms with Crippen LogP contribution in [-0.4, -0.2) is 17.6 Å². The van der Waals surface area contributed by atoms with Crippen molar-refractivity contribution in [3.63, 3.8) is 0 Å². The van der Waals surface area contributed by atoms with E-state index in [4.69, 9.17) is 0 Å². The summed E-state index contributed by atoms with van der Waals surface area (Å²) in [7, 11) is 0. The van der Waals surface area contributed by atoms with Crippen molar-refractivity contribution in [2.24, 2.45) is 0 Å². The quantitative estimate of drug-likeness (QED) is 0.625. The fraction of sp³-hybridized carbons (Fsp3) is 0.167. The Morgan fingerprint density at radius 1 is 0.885 bits per heavy atom. The highest BCUT2D eigenvalue weighted by Crippen LogP contribution is 2.34. The number of halogens is 3. The summed E-state index contributed by atoms with van der Waals surface area (Å²) in [5.74, 6) is -1.70. The van der Waals surface area contributed by atoms with Gasteiger partial charge in [-0.1, -0.05) is 12.1 Å². The summed E-state index contributed by atoms with van der Waals surface area (Å²) in [6.45, 7) is 1.40. The van der Waals surface area contributed by atoms with E-state index < -0.39 is 35.7 Å². The third kappa shape index (κ3) is 5.17. The Morgan fingerprint density at radius 3 is 2.04 bits per heavy atom. The average Bonchev–Trinajstić information content (AvgIpc) is 2.54. The van der Waals surface area contributed by atoms with Crippen LogP contribution in [0.25, 0.3) is 0 Å². The van der Waals surface area contributed by atoms with E-state index in [1.807, 2.05) is 0 Å². The first kappa shape index (κ1) is 19.2. The molecule has 0 saturated heterocycles. The summed E-state index contributed by atoms with van der Waals surface area (Å²) >= 11 is 0. The Labute approximate surface area is 147 Å². The van der Waals surface area contributed by atoms with Crippen LogP contribution in [0, 0.1) is 0 Å². The smallest absolute Gasteiger partial charge is 0.326 e. The zero-order chi connectivity index (χ0) is 19.3. The number of hydrogen-bond acceptors (Lipinski definition) is 3. The molecule has 0 atom stereocenters. The Kier molecular flexibility index (Phi) is 5.76. The van der Waals surface area contributed by atoms with Gasteiger partial charge in [0.2, 0.25) is 11.8 Å². The van der Waals surface area contributed by atoms with Gasteiger partial charge in [-0.05, 0) is 43.3 Å². The van der Waals surface area contributed by atoms with Gasteiger partial charge in [0.1, 0.15) is 6.42 Å². The fourth-order valence-corrected chi connectivity index (χ4v) is 2.17. The van der Waals surface area contributed by atoms with Gasteiger partial charge in [0.15, 0.2) is 5.78 Å². The Hall–Kier alpha value is -3.16. The van der Waals surface area contributed by atoms with Gasteiger partial charge in [0, 0.05) is 11.3 Å². The Morgan fingerprint density at radius 2 is 1.46 bits per heavy atom. The molecule has 5 nitrogen and oxygen atoms in total. The van der Waals surface area contributed by atoms with Crippen LogP contribution < -0.4 is 10.6 Å². The normalized spacial score (nSPS) is 10.9. The second-order valence-electron chi connectivity index (χ2n) is 5.45. The number of ketones is 1. The average molecular weight is 364 g/mol. The number of nitrogens with one attached hydrogen (secondary N) is 2. The molecule has 0 heterocycles. The maximum Gasteiger partial charge on any atom is 0.418 e. The summed E-state index contributed by atoms with van der Waals surface area (Å²) in [4.78, 5) is 34.9. The van der Waals surface area contributed by atoms with Crippen molar-refractivity contribution < 1.29 is 27.6 Å². The topological polar surface area (TPSA) is 75.3 Å². The van der Waals surface area contributed by atoms with Gasteiger partial charge in [-0.15, -0.1) is 0 Å². The summed E-state index contributed by atoms with van der Waals surface area (Å²) in [5.41, 5.74) is -0.579. The number of anilines is 2. The molecule has 0 aromatic heterocycles. The molecule has 0 unspecified atom stereocenters. The molecular weight excluding hydrogens is 349 g/mol. The molecule has 0 aliphatic heterocycles. The van der Waals surface area contributed by atoms with Crippen LogP contribution in [0.5, 0.6) is 0 Å².